The molecule has 2 aromatic rings. The quantitative estimate of drug-likeness (QED) is 0.676. The van der Waals surface area contributed by atoms with Gasteiger partial charge < -0.3 is 14.5 Å². The number of carbonyl (C=O) groups is 1. The van der Waals surface area contributed by atoms with Crippen LogP contribution in [0.15, 0.2) is 51.8 Å². The van der Waals surface area contributed by atoms with Gasteiger partial charge in [-0.05, 0) is 43.2 Å². The fraction of sp³-hybridized carbons (Fsp3) is 0.364. The average molecular weight is 460 g/mol. The lowest BCUT2D eigenvalue weighted by Gasteiger charge is -2.32. The van der Waals surface area contributed by atoms with E-state index in [0.29, 0.717) is 36.3 Å². The van der Waals surface area contributed by atoms with Crippen LogP contribution >= 0.6 is 11.8 Å². The lowest BCUT2D eigenvalue weighted by atomic mass is 10.1. The molecule has 7 nitrogen and oxygen atoms in total. The Morgan fingerprint density at radius 2 is 2.00 bits per heavy atom. The molecule has 1 amide bonds. The topological polar surface area (TPSA) is 79.3 Å². The molecule has 9 heteroatoms. The number of amidine groups is 1. The number of fused-ring (bicyclic) bond motifs is 2. The van der Waals surface area contributed by atoms with E-state index < -0.39 is 10.0 Å². The second kappa shape index (κ2) is 8.92. The smallest absolute Gasteiger partial charge is 0.286 e. The minimum absolute atomic E-state index is 0.0898. The monoisotopic (exact) mass is 459 g/mol. The third kappa shape index (κ3) is 4.43. The molecule has 0 saturated carbocycles. The summed E-state index contributed by atoms with van der Waals surface area (Å²) in [5.41, 5.74) is 2.41. The highest BCUT2D eigenvalue weighted by atomic mass is 32.2. The van der Waals surface area contributed by atoms with Crippen molar-refractivity contribution >= 4 is 44.2 Å². The van der Waals surface area contributed by atoms with Gasteiger partial charge in [-0.2, -0.15) is 8.42 Å². The molecule has 0 spiro atoms. The van der Waals surface area contributed by atoms with E-state index in [1.165, 1.54) is 11.8 Å². The maximum Gasteiger partial charge on any atom is 0.286 e. The summed E-state index contributed by atoms with van der Waals surface area (Å²) in [6, 6.07) is 12.6. The summed E-state index contributed by atoms with van der Waals surface area (Å²) in [6.45, 7) is 5.58. The van der Waals surface area contributed by atoms with Crippen LogP contribution in [0.5, 0.6) is 5.75 Å². The number of aryl methyl sites for hydroxylation is 1. The summed E-state index contributed by atoms with van der Waals surface area (Å²) in [7, 11) is -3.80. The number of thioether (sulfide) groups is 1. The standard InChI is InChI=1S/C22H25N3O4S2/c1-3-4-11-25-17-7-5-6-8-20(17)31(27,28)23-22(25)30-15-21(26)24-12-13-29-19-10-9-16(2)14-18(19)24/h5-10,14H,3-4,11-13,15H2,1-2H3. The number of anilines is 2. The van der Waals surface area contributed by atoms with Gasteiger partial charge in [-0.3, -0.25) is 4.79 Å². The molecule has 0 fully saturated rings. The number of amides is 1. The number of unbranched alkanes of at least 4 members (excludes halogenated alkanes) is 1. The highest BCUT2D eigenvalue weighted by Gasteiger charge is 2.32. The number of benzene rings is 2. The predicted octanol–water partition coefficient (Wildman–Crippen LogP) is 3.82. The third-order valence-corrected chi connectivity index (χ3v) is 7.59. The van der Waals surface area contributed by atoms with E-state index in [1.54, 1.807) is 23.1 Å². The molecule has 2 aromatic carbocycles. The summed E-state index contributed by atoms with van der Waals surface area (Å²) in [4.78, 5) is 16.9. The first-order valence-electron chi connectivity index (χ1n) is 10.3. The van der Waals surface area contributed by atoms with Crippen LogP contribution in [0.1, 0.15) is 25.3 Å². The summed E-state index contributed by atoms with van der Waals surface area (Å²) in [6.07, 6.45) is 1.85. The van der Waals surface area contributed by atoms with Crippen molar-refractivity contribution in [2.45, 2.75) is 31.6 Å². The molecule has 4 rings (SSSR count). The molecule has 31 heavy (non-hydrogen) atoms. The number of nitrogens with zero attached hydrogens (tertiary/aromatic N) is 3. The Balaban J connectivity index is 1.57. The van der Waals surface area contributed by atoms with Crippen molar-refractivity contribution in [3.05, 3.63) is 48.0 Å². The van der Waals surface area contributed by atoms with Crippen molar-refractivity contribution in [2.24, 2.45) is 4.40 Å². The number of rotatable bonds is 5. The van der Waals surface area contributed by atoms with Crippen LogP contribution in [-0.2, 0) is 14.8 Å². The maximum atomic E-state index is 13.1. The molecule has 0 saturated heterocycles. The van der Waals surface area contributed by atoms with E-state index in [0.717, 1.165) is 24.1 Å². The molecule has 0 aromatic heterocycles. The zero-order valence-electron chi connectivity index (χ0n) is 17.6. The van der Waals surface area contributed by atoms with E-state index in [9.17, 15) is 13.2 Å². The minimum Gasteiger partial charge on any atom is -0.490 e. The fourth-order valence-electron chi connectivity index (χ4n) is 3.63. The van der Waals surface area contributed by atoms with Crippen molar-refractivity contribution < 1.29 is 17.9 Å². The number of para-hydroxylation sites is 1. The number of hydrogen-bond donors (Lipinski definition) is 0. The Labute approximate surface area is 187 Å². The van der Waals surface area contributed by atoms with Crippen molar-refractivity contribution in [3.63, 3.8) is 0 Å². The van der Waals surface area contributed by atoms with Gasteiger partial charge in [0.15, 0.2) is 5.17 Å². The summed E-state index contributed by atoms with van der Waals surface area (Å²) in [5.74, 6) is 0.674. The van der Waals surface area contributed by atoms with Crippen LogP contribution in [-0.4, -0.2) is 44.9 Å². The van der Waals surface area contributed by atoms with Crippen molar-refractivity contribution in [2.75, 3.05) is 35.2 Å². The molecule has 0 radical (unpaired) electrons. The van der Waals surface area contributed by atoms with Gasteiger partial charge in [-0.1, -0.05) is 43.3 Å². The summed E-state index contributed by atoms with van der Waals surface area (Å²) < 4.78 is 35.1. The highest BCUT2D eigenvalue weighted by Crippen LogP contribution is 2.36. The van der Waals surface area contributed by atoms with Gasteiger partial charge >= 0.3 is 0 Å². The van der Waals surface area contributed by atoms with E-state index in [1.807, 2.05) is 36.1 Å². The average Bonchev–Trinajstić information content (AvgIpc) is 2.76. The number of sulfonamides is 1. The molecular weight excluding hydrogens is 434 g/mol. The highest BCUT2D eigenvalue weighted by molar-refractivity contribution is 8.15. The normalized spacial score (nSPS) is 16.8. The largest absolute Gasteiger partial charge is 0.490 e. The van der Waals surface area contributed by atoms with Gasteiger partial charge in [0, 0.05) is 6.54 Å². The minimum atomic E-state index is -3.80. The summed E-state index contributed by atoms with van der Waals surface area (Å²) in [5, 5.41) is 0.346. The first-order chi connectivity index (χ1) is 14.9. The van der Waals surface area contributed by atoms with E-state index in [-0.39, 0.29) is 16.6 Å². The Hall–Kier alpha value is -2.52. The van der Waals surface area contributed by atoms with E-state index in [4.69, 9.17) is 4.74 Å². The molecule has 2 heterocycles. The SMILES string of the molecule is CCCCN1C(SCC(=O)N2CCOc3ccc(C)cc32)=NS(=O)(=O)c2ccccc21. The maximum absolute atomic E-state index is 13.1. The Morgan fingerprint density at radius 3 is 2.81 bits per heavy atom. The number of hydrogen-bond acceptors (Lipinski definition) is 6. The molecule has 2 aliphatic rings. The molecule has 0 aliphatic carbocycles. The van der Waals surface area contributed by atoms with Gasteiger partial charge in [0.05, 0.1) is 23.7 Å². The van der Waals surface area contributed by atoms with Crippen LogP contribution in [0.2, 0.25) is 0 Å². The molecule has 0 unspecified atom stereocenters. The zero-order chi connectivity index (χ0) is 22.0. The van der Waals surface area contributed by atoms with Crippen LogP contribution in [0, 0.1) is 6.92 Å². The van der Waals surface area contributed by atoms with Gasteiger partial charge in [0.25, 0.3) is 10.0 Å². The molecule has 2 aliphatic heterocycles. The Morgan fingerprint density at radius 1 is 1.19 bits per heavy atom. The lowest BCUT2D eigenvalue weighted by Crippen LogP contribution is -2.40. The molecule has 0 atom stereocenters. The second-order valence-corrected chi connectivity index (χ2v) is 9.99. The van der Waals surface area contributed by atoms with Gasteiger partial charge in [-0.25, -0.2) is 0 Å². The zero-order valence-corrected chi connectivity index (χ0v) is 19.2. The summed E-state index contributed by atoms with van der Waals surface area (Å²) >= 11 is 1.17. The predicted molar refractivity (Wildman–Crippen MR) is 125 cm³/mol. The van der Waals surface area contributed by atoms with Gasteiger partial charge in [-0.15, -0.1) is 4.40 Å². The Bertz CT molecular complexity index is 1130. The molecule has 0 N–H and O–H groups in total. The van der Waals surface area contributed by atoms with E-state index >= 15 is 0 Å². The van der Waals surface area contributed by atoms with Crippen molar-refractivity contribution in [1.29, 1.82) is 0 Å². The third-order valence-electron chi connectivity index (χ3n) is 5.20. The first kappa shape index (κ1) is 21.7. The molecule has 0 bridgehead atoms. The molecular formula is C22H25N3O4S2. The van der Waals surface area contributed by atoms with Crippen molar-refractivity contribution in [1.82, 2.24) is 0 Å². The number of carbonyl (C=O) groups excluding carboxylic acids is 1. The second-order valence-electron chi connectivity index (χ2n) is 7.48. The Kier molecular flexibility index (Phi) is 6.24. The lowest BCUT2D eigenvalue weighted by molar-refractivity contribution is -0.116. The van der Waals surface area contributed by atoms with Crippen LogP contribution in [0.3, 0.4) is 0 Å². The van der Waals surface area contributed by atoms with Crippen LogP contribution in [0.4, 0.5) is 11.4 Å². The first-order valence-corrected chi connectivity index (χ1v) is 12.7. The van der Waals surface area contributed by atoms with E-state index in [2.05, 4.69) is 11.3 Å². The van der Waals surface area contributed by atoms with Crippen molar-refractivity contribution in [3.8, 4) is 5.75 Å². The van der Waals surface area contributed by atoms with Gasteiger partial charge in [0.2, 0.25) is 5.91 Å². The van der Waals surface area contributed by atoms with Crippen LogP contribution in [0.25, 0.3) is 0 Å². The fourth-order valence-corrected chi connectivity index (χ4v) is 5.98. The van der Waals surface area contributed by atoms with Crippen LogP contribution < -0.4 is 14.5 Å². The van der Waals surface area contributed by atoms with Gasteiger partial charge in [0.1, 0.15) is 17.3 Å². The number of ether oxygens (including phenoxy) is 1. The molecule has 164 valence electrons.